The van der Waals surface area contributed by atoms with Gasteiger partial charge in [0.1, 0.15) is 17.1 Å². The zero-order valence-corrected chi connectivity index (χ0v) is 16.7. The van der Waals surface area contributed by atoms with Gasteiger partial charge in [0.2, 0.25) is 6.10 Å². The van der Waals surface area contributed by atoms with Crippen molar-refractivity contribution in [2.24, 2.45) is 0 Å². The van der Waals surface area contributed by atoms with Crippen molar-refractivity contribution in [3.8, 4) is 5.75 Å². The van der Waals surface area contributed by atoms with Crippen molar-refractivity contribution in [2.45, 2.75) is 26.9 Å². The number of hydrogen-bond donors (Lipinski definition) is 1. The lowest BCUT2D eigenvalue weighted by Gasteiger charge is -2.19. The SMILES string of the molecule is COc1ccc(C)cc1NC(=O)C(OC(=O)c1c(C)noc1C)c1ccccc1. The molecule has 1 heterocycles. The first-order chi connectivity index (χ1) is 13.9. The molecule has 0 aliphatic carbocycles. The van der Waals surface area contributed by atoms with Gasteiger partial charge in [-0.05, 0) is 38.5 Å². The molecule has 3 rings (SSSR count). The van der Waals surface area contributed by atoms with Crippen molar-refractivity contribution >= 4 is 17.6 Å². The summed E-state index contributed by atoms with van der Waals surface area (Å²) in [7, 11) is 1.52. The van der Waals surface area contributed by atoms with Crippen LogP contribution in [0.3, 0.4) is 0 Å². The van der Waals surface area contributed by atoms with E-state index in [2.05, 4.69) is 10.5 Å². The molecular weight excluding hydrogens is 372 g/mol. The second kappa shape index (κ2) is 8.60. The first-order valence-corrected chi connectivity index (χ1v) is 9.05. The number of methoxy groups -OCH3 is 1. The van der Waals surface area contributed by atoms with Crippen molar-refractivity contribution in [3.63, 3.8) is 0 Å². The molecule has 1 unspecified atom stereocenters. The maximum Gasteiger partial charge on any atom is 0.344 e. The molecule has 1 aromatic heterocycles. The number of amides is 1. The van der Waals surface area contributed by atoms with Gasteiger partial charge in [-0.3, -0.25) is 4.79 Å². The summed E-state index contributed by atoms with van der Waals surface area (Å²) in [6.07, 6.45) is -1.16. The van der Waals surface area contributed by atoms with Crippen LogP contribution in [0.1, 0.15) is 39.0 Å². The average molecular weight is 394 g/mol. The highest BCUT2D eigenvalue weighted by Gasteiger charge is 2.29. The van der Waals surface area contributed by atoms with Gasteiger partial charge in [0, 0.05) is 5.56 Å². The Morgan fingerprint density at radius 2 is 1.79 bits per heavy atom. The summed E-state index contributed by atoms with van der Waals surface area (Å²) in [6.45, 7) is 5.16. The van der Waals surface area contributed by atoms with E-state index in [4.69, 9.17) is 14.0 Å². The Hall–Kier alpha value is -3.61. The highest BCUT2D eigenvalue weighted by Crippen LogP contribution is 2.28. The van der Waals surface area contributed by atoms with Crippen molar-refractivity contribution in [1.82, 2.24) is 5.16 Å². The number of ether oxygens (including phenoxy) is 2. The fraction of sp³-hybridized carbons (Fsp3) is 0.227. The summed E-state index contributed by atoms with van der Waals surface area (Å²) in [5.74, 6) is -0.338. The van der Waals surface area contributed by atoms with Gasteiger partial charge in [-0.1, -0.05) is 41.6 Å². The Balaban J connectivity index is 1.91. The van der Waals surface area contributed by atoms with Crippen LogP contribution in [0.4, 0.5) is 5.69 Å². The number of aromatic nitrogens is 1. The predicted octanol–water partition coefficient (Wildman–Crippen LogP) is 4.15. The minimum Gasteiger partial charge on any atom is -0.495 e. The fourth-order valence-corrected chi connectivity index (χ4v) is 2.96. The number of benzene rings is 2. The highest BCUT2D eigenvalue weighted by molar-refractivity contribution is 5.99. The van der Waals surface area contributed by atoms with Gasteiger partial charge in [0.05, 0.1) is 18.5 Å². The quantitative estimate of drug-likeness (QED) is 0.632. The average Bonchev–Trinajstić information content (AvgIpc) is 3.05. The van der Waals surface area contributed by atoms with Crippen molar-refractivity contribution in [3.05, 3.63) is 76.7 Å². The molecule has 0 saturated carbocycles. The van der Waals surface area contributed by atoms with Gasteiger partial charge in [-0.2, -0.15) is 0 Å². The maximum absolute atomic E-state index is 13.1. The first kappa shape index (κ1) is 20.1. The Morgan fingerprint density at radius 3 is 2.41 bits per heavy atom. The van der Waals surface area contributed by atoms with E-state index in [1.807, 2.05) is 19.1 Å². The summed E-state index contributed by atoms with van der Waals surface area (Å²) < 4.78 is 15.9. The van der Waals surface area contributed by atoms with Crippen LogP contribution >= 0.6 is 0 Å². The standard InChI is InChI=1S/C22H22N2O5/c1-13-10-11-18(27-4)17(12-13)23-21(25)20(16-8-6-5-7-9-16)28-22(26)19-14(2)24-29-15(19)3/h5-12,20H,1-4H3,(H,23,25). The van der Waals surface area contributed by atoms with Gasteiger partial charge in [-0.25, -0.2) is 4.79 Å². The van der Waals surface area contributed by atoms with E-state index < -0.39 is 18.0 Å². The van der Waals surface area contributed by atoms with Gasteiger partial charge in [0.15, 0.2) is 0 Å². The van der Waals surface area contributed by atoms with Crippen LogP contribution in [-0.2, 0) is 9.53 Å². The second-order valence-corrected chi connectivity index (χ2v) is 6.59. The van der Waals surface area contributed by atoms with Gasteiger partial charge < -0.3 is 19.3 Å². The summed E-state index contributed by atoms with van der Waals surface area (Å²) in [6, 6.07) is 14.2. The number of nitrogens with zero attached hydrogens (tertiary/aromatic N) is 1. The molecule has 29 heavy (non-hydrogen) atoms. The zero-order valence-electron chi connectivity index (χ0n) is 16.7. The fourth-order valence-electron chi connectivity index (χ4n) is 2.96. The second-order valence-electron chi connectivity index (χ2n) is 6.59. The van der Waals surface area contributed by atoms with Crippen molar-refractivity contribution < 1.29 is 23.6 Å². The monoisotopic (exact) mass is 394 g/mol. The minimum absolute atomic E-state index is 0.215. The van der Waals surface area contributed by atoms with Crippen LogP contribution in [0.15, 0.2) is 53.1 Å². The number of carbonyl (C=O) groups is 2. The molecule has 0 aliphatic rings. The topological polar surface area (TPSA) is 90.7 Å². The van der Waals surface area contributed by atoms with Crippen molar-refractivity contribution in [2.75, 3.05) is 12.4 Å². The van der Waals surface area contributed by atoms with Crippen LogP contribution in [0.5, 0.6) is 5.75 Å². The molecular formula is C22H22N2O5. The van der Waals surface area contributed by atoms with Crippen LogP contribution in [0, 0.1) is 20.8 Å². The van der Waals surface area contributed by atoms with Crippen LogP contribution in [0.25, 0.3) is 0 Å². The molecule has 0 bridgehead atoms. The van der Waals surface area contributed by atoms with Gasteiger partial charge in [-0.15, -0.1) is 0 Å². The first-order valence-electron chi connectivity index (χ1n) is 9.05. The molecule has 1 N–H and O–H groups in total. The Bertz CT molecular complexity index is 1010. The third-order valence-electron chi connectivity index (χ3n) is 4.42. The molecule has 7 heteroatoms. The number of nitrogens with one attached hydrogen (secondary N) is 1. The van der Waals surface area contributed by atoms with E-state index in [-0.39, 0.29) is 5.56 Å². The summed E-state index contributed by atoms with van der Waals surface area (Å²) in [5.41, 5.74) is 2.60. The molecule has 0 spiro atoms. The molecule has 1 atom stereocenters. The van der Waals surface area contributed by atoms with Gasteiger partial charge in [0.25, 0.3) is 5.91 Å². The van der Waals surface area contributed by atoms with E-state index in [0.29, 0.717) is 28.5 Å². The van der Waals surface area contributed by atoms with E-state index in [0.717, 1.165) is 5.56 Å². The molecule has 2 aromatic carbocycles. The number of anilines is 1. The number of aryl methyl sites for hydroxylation is 3. The molecule has 1 amide bonds. The normalized spacial score (nSPS) is 11.6. The lowest BCUT2D eigenvalue weighted by Crippen LogP contribution is -2.26. The van der Waals surface area contributed by atoms with Crippen LogP contribution in [0.2, 0.25) is 0 Å². The molecule has 0 radical (unpaired) electrons. The van der Waals surface area contributed by atoms with E-state index >= 15 is 0 Å². The largest absolute Gasteiger partial charge is 0.495 e. The predicted molar refractivity (Wildman–Crippen MR) is 107 cm³/mol. The Morgan fingerprint density at radius 1 is 1.07 bits per heavy atom. The van der Waals surface area contributed by atoms with E-state index in [1.54, 1.807) is 50.2 Å². The molecule has 0 aliphatic heterocycles. The highest BCUT2D eigenvalue weighted by atomic mass is 16.6. The third-order valence-corrected chi connectivity index (χ3v) is 4.42. The summed E-state index contributed by atoms with van der Waals surface area (Å²) in [5, 5.41) is 6.57. The molecule has 3 aromatic rings. The van der Waals surface area contributed by atoms with Gasteiger partial charge >= 0.3 is 5.97 Å². The number of hydrogen-bond acceptors (Lipinski definition) is 6. The zero-order chi connectivity index (χ0) is 21.0. The van der Waals surface area contributed by atoms with Crippen LogP contribution < -0.4 is 10.1 Å². The maximum atomic E-state index is 13.1. The molecule has 0 fully saturated rings. The molecule has 150 valence electrons. The third kappa shape index (κ3) is 4.45. The number of rotatable bonds is 6. The Kier molecular flexibility index (Phi) is 5.97. The molecule has 7 nitrogen and oxygen atoms in total. The number of esters is 1. The van der Waals surface area contributed by atoms with E-state index in [1.165, 1.54) is 7.11 Å². The summed E-state index contributed by atoms with van der Waals surface area (Å²) >= 11 is 0. The van der Waals surface area contributed by atoms with E-state index in [9.17, 15) is 9.59 Å². The Labute approximate surface area is 168 Å². The lowest BCUT2D eigenvalue weighted by atomic mass is 10.1. The molecule has 0 saturated heterocycles. The smallest absolute Gasteiger partial charge is 0.344 e. The van der Waals surface area contributed by atoms with Crippen LogP contribution in [-0.4, -0.2) is 24.1 Å². The lowest BCUT2D eigenvalue weighted by molar-refractivity contribution is -0.125. The van der Waals surface area contributed by atoms with Crippen molar-refractivity contribution in [1.29, 1.82) is 0 Å². The number of carbonyl (C=O) groups excluding carboxylic acids is 2. The minimum atomic E-state index is -1.16. The summed E-state index contributed by atoms with van der Waals surface area (Å²) in [4.78, 5) is 25.8.